The van der Waals surface area contributed by atoms with Crippen molar-refractivity contribution in [3.05, 3.63) is 71.8 Å². The molecule has 0 aliphatic heterocycles. The van der Waals surface area contributed by atoms with E-state index in [-0.39, 0.29) is 18.7 Å². The Bertz CT molecular complexity index is 1390. The lowest BCUT2D eigenvalue weighted by molar-refractivity contribution is -0.128. The number of hydrogen-bond donors (Lipinski definition) is 2. The van der Waals surface area contributed by atoms with Crippen LogP contribution in [0.25, 0.3) is 39.0 Å². The minimum Gasteiger partial charge on any atom is -0.369 e. The summed E-state index contributed by atoms with van der Waals surface area (Å²) < 4.78 is 15.4. The van der Waals surface area contributed by atoms with Crippen molar-refractivity contribution >= 4 is 39.7 Å². The maximum absolute atomic E-state index is 15.4. The molecule has 0 unspecified atom stereocenters. The molecule has 2 aromatic heterocycles. The predicted octanol–water partition coefficient (Wildman–Crippen LogP) is 3.82. The summed E-state index contributed by atoms with van der Waals surface area (Å²) in [5.74, 6) is -1.02. The van der Waals surface area contributed by atoms with Gasteiger partial charge in [0.05, 0.1) is 24.1 Å². The average Bonchev–Trinajstić information content (AvgIpc) is 3.12. The number of nitrogens with zero attached hydrogens (tertiary/aromatic N) is 2. The predicted molar refractivity (Wildman–Crippen MR) is 124 cm³/mol. The second kappa shape index (κ2) is 8.26. The summed E-state index contributed by atoms with van der Waals surface area (Å²) in [7, 11) is 3.42. The summed E-state index contributed by atoms with van der Waals surface area (Å²) in [5, 5.41) is 1.45. The van der Waals surface area contributed by atoms with Crippen LogP contribution in [0.3, 0.4) is 0 Å². The first-order chi connectivity index (χ1) is 15.3. The molecule has 0 radical (unpaired) electrons. The molecule has 0 atom stereocenters. The van der Waals surface area contributed by atoms with E-state index < -0.39 is 11.7 Å². The molecule has 0 bridgehead atoms. The molecular formula is C25H23FN4O2. The molecule has 162 valence electrons. The summed E-state index contributed by atoms with van der Waals surface area (Å²) in [6.07, 6.45) is 3.36. The van der Waals surface area contributed by atoms with Gasteiger partial charge in [-0.3, -0.25) is 14.6 Å². The van der Waals surface area contributed by atoms with Gasteiger partial charge < -0.3 is 15.6 Å². The molecule has 2 amide bonds. The third kappa shape index (κ3) is 3.85. The van der Waals surface area contributed by atoms with E-state index in [4.69, 9.17) is 5.73 Å². The summed E-state index contributed by atoms with van der Waals surface area (Å²) in [6, 6.07) is 10.5. The highest BCUT2D eigenvalue weighted by atomic mass is 19.1. The lowest BCUT2D eigenvalue weighted by Gasteiger charge is -2.11. The molecule has 0 saturated heterocycles. The van der Waals surface area contributed by atoms with E-state index >= 15 is 4.39 Å². The van der Waals surface area contributed by atoms with Gasteiger partial charge in [0.1, 0.15) is 5.82 Å². The Morgan fingerprint density at radius 3 is 2.66 bits per heavy atom. The zero-order chi connectivity index (χ0) is 23.0. The molecule has 2 heterocycles. The number of aromatic amines is 1. The Hall–Kier alpha value is -4.00. The van der Waals surface area contributed by atoms with Crippen molar-refractivity contribution in [1.29, 1.82) is 0 Å². The molecule has 0 fully saturated rings. The third-order valence-corrected chi connectivity index (χ3v) is 5.47. The number of fused-ring (bicyclic) bond motifs is 3. The van der Waals surface area contributed by atoms with Crippen LogP contribution in [0.15, 0.2) is 49.2 Å². The topological polar surface area (TPSA) is 92.1 Å². The van der Waals surface area contributed by atoms with Crippen molar-refractivity contribution in [2.24, 2.45) is 5.73 Å². The first-order valence-electron chi connectivity index (χ1n) is 10.1. The molecule has 4 aromatic rings. The highest BCUT2D eigenvalue weighted by molar-refractivity contribution is 6.16. The normalized spacial score (nSPS) is 11.1. The molecule has 6 nitrogen and oxygen atoms in total. The molecule has 3 N–H and O–H groups in total. The van der Waals surface area contributed by atoms with Gasteiger partial charge in [0.15, 0.2) is 0 Å². The third-order valence-electron chi connectivity index (χ3n) is 5.47. The second-order valence-electron chi connectivity index (χ2n) is 7.93. The van der Waals surface area contributed by atoms with Gasteiger partial charge in [0.2, 0.25) is 11.8 Å². The molecule has 0 aliphatic carbocycles. The highest BCUT2D eigenvalue weighted by Gasteiger charge is 2.20. The Labute approximate surface area is 184 Å². The number of hydrogen-bond acceptors (Lipinski definition) is 3. The van der Waals surface area contributed by atoms with Crippen LogP contribution in [0.4, 0.5) is 4.39 Å². The number of benzene rings is 2. The smallest absolute Gasteiger partial charge is 0.226 e. The second-order valence-corrected chi connectivity index (χ2v) is 7.93. The number of pyridine rings is 1. The Balaban J connectivity index is 2.01. The van der Waals surface area contributed by atoms with Gasteiger partial charge in [0, 0.05) is 42.1 Å². The summed E-state index contributed by atoms with van der Waals surface area (Å²) >= 11 is 0. The zero-order valence-electron chi connectivity index (χ0n) is 17.9. The van der Waals surface area contributed by atoms with Crippen LogP contribution in [-0.2, 0) is 22.4 Å². The summed E-state index contributed by atoms with van der Waals surface area (Å²) in [6.45, 7) is 3.74. The lowest BCUT2D eigenvalue weighted by Crippen LogP contribution is -2.23. The van der Waals surface area contributed by atoms with E-state index in [1.165, 1.54) is 11.0 Å². The van der Waals surface area contributed by atoms with E-state index in [9.17, 15) is 9.59 Å². The van der Waals surface area contributed by atoms with Gasteiger partial charge in [-0.15, -0.1) is 0 Å². The van der Waals surface area contributed by atoms with Crippen LogP contribution in [-0.4, -0.2) is 40.8 Å². The molecule has 4 rings (SSSR count). The number of aromatic nitrogens is 2. The van der Waals surface area contributed by atoms with Gasteiger partial charge in [-0.1, -0.05) is 18.7 Å². The monoisotopic (exact) mass is 430 g/mol. The molecule has 32 heavy (non-hydrogen) atoms. The molecule has 2 aromatic carbocycles. The number of H-pyrrole nitrogens is 1. The summed E-state index contributed by atoms with van der Waals surface area (Å²) in [5.41, 5.74) is 9.80. The first kappa shape index (κ1) is 21.2. The number of carbonyl (C=O) groups excluding carboxylic acids is 2. The van der Waals surface area contributed by atoms with Crippen molar-refractivity contribution in [3.63, 3.8) is 0 Å². The average molecular weight is 430 g/mol. The Kier molecular flexibility index (Phi) is 5.48. The number of nitrogens with one attached hydrogen (secondary N) is 1. The van der Waals surface area contributed by atoms with Crippen molar-refractivity contribution in [2.75, 3.05) is 14.1 Å². The minimum absolute atomic E-state index is 0.0182. The van der Waals surface area contributed by atoms with Gasteiger partial charge in [0.25, 0.3) is 0 Å². The van der Waals surface area contributed by atoms with Crippen LogP contribution < -0.4 is 5.73 Å². The fourth-order valence-corrected chi connectivity index (χ4v) is 3.93. The largest absolute Gasteiger partial charge is 0.369 e. The van der Waals surface area contributed by atoms with E-state index in [2.05, 4.69) is 16.5 Å². The van der Waals surface area contributed by atoms with Gasteiger partial charge in [-0.25, -0.2) is 4.39 Å². The van der Waals surface area contributed by atoms with Crippen molar-refractivity contribution in [3.8, 4) is 11.1 Å². The Morgan fingerprint density at radius 1 is 1.19 bits per heavy atom. The molecule has 0 aliphatic rings. The maximum Gasteiger partial charge on any atom is 0.226 e. The summed E-state index contributed by atoms with van der Waals surface area (Å²) in [4.78, 5) is 32.9. The van der Waals surface area contributed by atoms with E-state index in [1.807, 2.05) is 18.2 Å². The number of amides is 2. The number of nitrogens with two attached hydrogens (primary N) is 1. The highest BCUT2D eigenvalue weighted by Crippen LogP contribution is 2.39. The van der Waals surface area contributed by atoms with Crippen LogP contribution in [0, 0.1) is 5.82 Å². The fraction of sp³-hybridized carbons (Fsp3) is 0.160. The maximum atomic E-state index is 15.4. The van der Waals surface area contributed by atoms with Crippen molar-refractivity contribution in [2.45, 2.75) is 12.8 Å². The SMILES string of the molecule is C=Cc1cc(-c2c(F)cc(CC(N)=O)c3[nH]c4cc(CC(=O)N(C)C)ccc4c23)ccn1. The minimum atomic E-state index is -0.549. The fourth-order valence-electron chi connectivity index (χ4n) is 3.93. The van der Waals surface area contributed by atoms with E-state index in [0.717, 1.165) is 16.5 Å². The number of halogens is 1. The molecule has 0 saturated carbocycles. The lowest BCUT2D eigenvalue weighted by atomic mass is 9.95. The number of primary amides is 1. The molecule has 7 heteroatoms. The molecule has 0 spiro atoms. The Morgan fingerprint density at radius 2 is 1.97 bits per heavy atom. The van der Waals surface area contributed by atoms with Crippen LogP contribution in [0.5, 0.6) is 0 Å². The number of likely N-dealkylation sites (N-methyl/N-ethyl adjacent to an activating group) is 1. The van der Waals surface area contributed by atoms with E-state index in [1.54, 1.807) is 38.5 Å². The standard InChI is InChI=1S/C25H23FN4O2/c1-4-17-11-15(7-8-28-17)23-19(26)12-16(13-21(27)31)25-24(23)18-6-5-14(9-20(18)29-25)10-22(32)30(2)3/h4-9,11-12,29H,1,10,13H2,2-3H3,(H2,27,31). The molecular weight excluding hydrogens is 407 g/mol. The number of rotatable bonds is 6. The van der Waals surface area contributed by atoms with Crippen molar-refractivity contribution in [1.82, 2.24) is 14.9 Å². The van der Waals surface area contributed by atoms with Gasteiger partial charge >= 0.3 is 0 Å². The van der Waals surface area contributed by atoms with Crippen LogP contribution in [0.1, 0.15) is 16.8 Å². The van der Waals surface area contributed by atoms with Crippen LogP contribution in [0.2, 0.25) is 0 Å². The van der Waals surface area contributed by atoms with Crippen LogP contribution >= 0.6 is 0 Å². The first-order valence-corrected chi connectivity index (χ1v) is 10.1. The zero-order valence-corrected chi connectivity index (χ0v) is 17.9. The van der Waals surface area contributed by atoms with E-state index in [0.29, 0.717) is 33.3 Å². The van der Waals surface area contributed by atoms with Crippen molar-refractivity contribution < 1.29 is 14.0 Å². The quantitative estimate of drug-likeness (QED) is 0.487. The van der Waals surface area contributed by atoms with Gasteiger partial charge in [-0.2, -0.15) is 0 Å². The number of carbonyl (C=O) groups is 2. The van der Waals surface area contributed by atoms with Gasteiger partial charge in [-0.05, 0) is 47.0 Å².